The van der Waals surface area contributed by atoms with E-state index in [0.717, 1.165) is 0 Å². The van der Waals surface area contributed by atoms with Crippen LogP contribution in [0.5, 0.6) is 0 Å². The zero-order valence-corrected chi connectivity index (χ0v) is 18.1. The molecule has 0 aromatic heterocycles. The summed E-state index contributed by atoms with van der Waals surface area (Å²) in [6, 6.07) is 20.3. The summed E-state index contributed by atoms with van der Waals surface area (Å²) in [6.45, 7) is 0. The molecule has 0 aliphatic carbocycles. The molecule has 0 fully saturated rings. The quantitative estimate of drug-likeness (QED) is 0.308. The van der Waals surface area contributed by atoms with Crippen molar-refractivity contribution >= 4 is 33.0 Å². The molecule has 0 aliphatic rings. The van der Waals surface area contributed by atoms with E-state index in [1.807, 2.05) is 0 Å². The Hall–Kier alpha value is -2.73. The summed E-state index contributed by atoms with van der Waals surface area (Å²) in [5, 5.41) is 0.448. The zero-order valence-electron chi connectivity index (χ0n) is 15.8. The van der Waals surface area contributed by atoms with Crippen LogP contribution in [0.25, 0.3) is 22.3 Å². The summed E-state index contributed by atoms with van der Waals surface area (Å²) < 4.78 is 52.5. The van der Waals surface area contributed by atoms with Gasteiger partial charge >= 0.3 is 0 Å². The van der Waals surface area contributed by atoms with Crippen molar-refractivity contribution in [3.05, 3.63) is 107 Å². The molecule has 0 saturated heterocycles. The second kappa shape index (κ2) is 8.42. The fourth-order valence-electron chi connectivity index (χ4n) is 3.19. The lowest BCUT2D eigenvalue weighted by Crippen LogP contribution is -2.02. The minimum Gasteiger partial charge on any atom is -0.219 e. The molecule has 0 amide bonds. The number of hydrogen-bond donors (Lipinski definition) is 0. The number of benzene rings is 4. The Morgan fingerprint density at radius 1 is 0.548 bits per heavy atom. The minimum atomic E-state index is -3.88. The van der Waals surface area contributed by atoms with Gasteiger partial charge in [-0.2, -0.15) is 0 Å². The topological polar surface area (TPSA) is 34.1 Å². The molecule has 0 unspecified atom stereocenters. The molecular formula is C24H14Cl2F2O2S. The lowest BCUT2D eigenvalue weighted by Gasteiger charge is -2.11. The molecule has 0 saturated carbocycles. The first kappa shape index (κ1) is 21.5. The van der Waals surface area contributed by atoms with Crippen molar-refractivity contribution < 1.29 is 17.2 Å². The van der Waals surface area contributed by atoms with Gasteiger partial charge in [0.1, 0.15) is 11.6 Å². The van der Waals surface area contributed by atoms with Crippen LogP contribution in [0.2, 0.25) is 10.0 Å². The van der Waals surface area contributed by atoms with Crippen molar-refractivity contribution in [3.8, 4) is 22.3 Å². The van der Waals surface area contributed by atoms with Crippen LogP contribution < -0.4 is 0 Å². The molecule has 0 radical (unpaired) electrons. The average Bonchev–Trinajstić information content (AvgIpc) is 2.75. The Kier molecular flexibility index (Phi) is 5.84. The average molecular weight is 475 g/mol. The molecule has 7 heteroatoms. The third-order valence-corrected chi connectivity index (χ3v) is 7.19. The molecule has 156 valence electrons. The van der Waals surface area contributed by atoms with Gasteiger partial charge in [-0.3, -0.25) is 0 Å². The van der Waals surface area contributed by atoms with Crippen LogP contribution in [0.3, 0.4) is 0 Å². The monoisotopic (exact) mass is 474 g/mol. The van der Waals surface area contributed by atoms with Gasteiger partial charge in [-0.15, -0.1) is 0 Å². The molecule has 0 heterocycles. The predicted molar refractivity (Wildman–Crippen MR) is 119 cm³/mol. The highest BCUT2D eigenvalue weighted by atomic mass is 35.5. The standard InChI is InChI=1S/C24H14Cl2F2O2S/c25-23-13-19(9-11-21(23)15-1-5-17(27)6-2-15)31(29,30)20-10-12-22(24(26)14-20)16-3-7-18(28)8-4-16/h1-14H. The Labute approximate surface area is 188 Å². The molecule has 0 aliphatic heterocycles. The van der Waals surface area contributed by atoms with Crippen molar-refractivity contribution in [2.75, 3.05) is 0 Å². The van der Waals surface area contributed by atoms with Crippen LogP contribution in [0.1, 0.15) is 0 Å². The summed E-state index contributed by atoms with van der Waals surface area (Å²) in [4.78, 5) is 0.0166. The summed E-state index contributed by atoms with van der Waals surface area (Å²) in [5.41, 5.74) is 2.51. The van der Waals surface area contributed by atoms with E-state index in [-0.39, 0.29) is 31.5 Å². The number of sulfone groups is 1. The first-order valence-corrected chi connectivity index (χ1v) is 11.4. The highest BCUT2D eigenvalue weighted by Gasteiger charge is 2.21. The van der Waals surface area contributed by atoms with Gasteiger partial charge in [0.2, 0.25) is 9.84 Å². The Balaban J connectivity index is 1.70. The van der Waals surface area contributed by atoms with E-state index in [1.165, 1.54) is 48.5 Å². The zero-order chi connectivity index (χ0) is 22.2. The predicted octanol–water partition coefficient (Wildman–Crippen LogP) is 7.44. The van der Waals surface area contributed by atoms with Crippen molar-refractivity contribution in [2.24, 2.45) is 0 Å². The first-order valence-electron chi connectivity index (χ1n) is 9.12. The van der Waals surface area contributed by atoms with Gasteiger partial charge in [0.15, 0.2) is 0 Å². The van der Waals surface area contributed by atoms with E-state index in [9.17, 15) is 17.2 Å². The Bertz CT molecular complexity index is 1270. The number of hydrogen-bond acceptors (Lipinski definition) is 2. The van der Waals surface area contributed by atoms with Gasteiger partial charge in [0.05, 0.1) is 9.79 Å². The van der Waals surface area contributed by atoms with Gasteiger partial charge < -0.3 is 0 Å². The summed E-state index contributed by atoms with van der Waals surface area (Å²) >= 11 is 12.7. The van der Waals surface area contributed by atoms with Crippen LogP contribution >= 0.6 is 23.2 Å². The smallest absolute Gasteiger partial charge is 0.206 e. The van der Waals surface area contributed by atoms with E-state index in [0.29, 0.717) is 22.3 Å². The third-order valence-electron chi connectivity index (χ3n) is 4.81. The van der Waals surface area contributed by atoms with Gasteiger partial charge in [-0.05, 0) is 59.7 Å². The van der Waals surface area contributed by atoms with E-state index < -0.39 is 9.84 Å². The Morgan fingerprint density at radius 2 is 0.903 bits per heavy atom. The molecule has 4 aromatic carbocycles. The van der Waals surface area contributed by atoms with Gasteiger partial charge in [0, 0.05) is 21.2 Å². The molecule has 4 aromatic rings. The minimum absolute atomic E-state index is 0.00830. The van der Waals surface area contributed by atoms with E-state index >= 15 is 0 Å². The van der Waals surface area contributed by atoms with Crippen LogP contribution in [-0.2, 0) is 9.84 Å². The molecule has 31 heavy (non-hydrogen) atoms. The van der Waals surface area contributed by atoms with Gasteiger partial charge in [-0.1, -0.05) is 59.6 Å². The maximum absolute atomic E-state index is 13.2. The molecule has 2 nitrogen and oxygen atoms in total. The van der Waals surface area contributed by atoms with E-state index in [2.05, 4.69) is 0 Å². The third kappa shape index (κ3) is 4.35. The number of rotatable bonds is 4. The lowest BCUT2D eigenvalue weighted by atomic mass is 10.1. The molecule has 0 spiro atoms. The highest BCUT2D eigenvalue weighted by Crippen LogP contribution is 2.35. The van der Waals surface area contributed by atoms with Crippen LogP contribution in [-0.4, -0.2) is 8.42 Å². The van der Waals surface area contributed by atoms with Gasteiger partial charge in [-0.25, -0.2) is 17.2 Å². The van der Waals surface area contributed by atoms with Crippen LogP contribution in [0, 0.1) is 11.6 Å². The maximum atomic E-state index is 13.2. The molecule has 4 rings (SSSR count). The molecule has 0 bridgehead atoms. The van der Waals surface area contributed by atoms with E-state index in [4.69, 9.17) is 23.2 Å². The van der Waals surface area contributed by atoms with Crippen LogP contribution in [0.15, 0.2) is 94.7 Å². The maximum Gasteiger partial charge on any atom is 0.206 e. The SMILES string of the molecule is O=S(=O)(c1ccc(-c2ccc(F)cc2)c(Cl)c1)c1ccc(-c2ccc(F)cc2)c(Cl)c1. The summed E-state index contributed by atoms with van der Waals surface area (Å²) in [6.07, 6.45) is 0. The van der Waals surface area contributed by atoms with Crippen molar-refractivity contribution in [1.29, 1.82) is 0 Å². The van der Waals surface area contributed by atoms with Crippen molar-refractivity contribution in [2.45, 2.75) is 9.79 Å². The summed E-state index contributed by atoms with van der Waals surface area (Å²) in [5.74, 6) is -0.750. The largest absolute Gasteiger partial charge is 0.219 e. The fraction of sp³-hybridized carbons (Fsp3) is 0. The fourth-order valence-corrected chi connectivity index (χ4v) is 5.21. The second-order valence-corrected chi connectivity index (χ2v) is 9.56. The molecule has 0 N–H and O–H groups in total. The highest BCUT2D eigenvalue weighted by molar-refractivity contribution is 7.91. The van der Waals surface area contributed by atoms with E-state index in [1.54, 1.807) is 36.4 Å². The Morgan fingerprint density at radius 3 is 1.23 bits per heavy atom. The van der Waals surface area contributed by atoms with Crippen molar-refractivity contribution in [1.82, 2.24) is 0 Å². The van der Waals surface area contributed by atoms with Gasteiger partial charge in [0.25, 0.3) is 0 Å². The summed E-state index contributed by atoms with van der Waals surface area (Å²) in [7, 11) is -3.88. The normalized spacial score (nSPS) is 11.5. The lowest BCUT2D eigenvalue weighted by molar-refractivity contribution is 0.596. The second-order valence-electron chi connectivity index (χ2n) is 6.80. The number of halogens is 4. The van der Waals surface area contributed by atoms with Crippen LogP contribution in [0.4, 0.5) is 8.78 Å². The molecule has 0 atom stereocenters. The van der Waals surface area contributed by atoms with Crippen molar-refractivity contribution in [3.63, 3.8) is 0 Å². The first-order chi connectivity index (χ1) is 14.8. The molecular weight excluding hydrogens is 461 g/mol.